The first-order valence-electron chi connectivity index (χ1n) is 7.48. The van der Waals surface area contributed by atoms with E-state index in [4.69, 9.17) is 4.74 Å². The molecule has 5 heteroatoms. The summed E-state index contributed by atoms with van der Waals surface area (Å²) in [5, 5.41) is 0.996. The van der Waals surface area contributed by atoms with Gasteiger partial charge in [-0.05, 0) is 31.5 Å². The van der Waals surface area contributed by atoms with Gasteiger partial charge in [0.05, 0.1) is 11.1 Å². The highest BCUT2D eigenvalue weighted by atomic mass is 19.1. The Labute approximate surface area is 122 Å². The van der Waals surface area contributed by atoms with E-state index in [0.29, 0.717) is 25.5 Å². The fourth-order valence-corrected chi connectivity index (χ4v) is 3.68. The number of halogens is 1. The van der Waals surface area contributed by atoms with Gasteiger partial charge in [-0.15, -0.1) is 0 Å². The second-order valence-corrected chi connectivity index (χ2v) is 6.08. The Hall–Kier alpha value is -1.75. The van der Waals surface area contributed by atoms with Gasteiger partial charge in [0, 0.05) is 36.8 Å². The van der Waals surface area contributed by atoms with E-state index >= 15 is 0 Å². The summed E-state index contributed by atoms with van der Waals surface area (Å²) in [5.74, 6) is 0.609. The zero-order valence-electron chi connectivity index (χ0n) is 11.8. The zero-order valence-corrected chi connectivity index (χ0v) is 11.8. The molecular weight excluding hydrogens is 269 g/mol. The summed E-state index contributed by atoms with van der Waals surface area (Å²) in [6.45, 7) is 2.07. The predicted octanol–water partition coefficient (Wildman–Crippen LogP) is 2.59. The van der Waals surface area contributed by atoms with Crippen molar-refractivity contribution in [3.05, 3.63) is 30.6 Å². The van der Waals surface area contributed by atoms with E-state index in [2.05, 4.69) is 14.9 Å². The Morgan fingerprint density at radius 3 is 3.29 bits per heavy atom. The molecule has 0 amide bonds. The molecule has 4 rings (SSSR count). The van der Waals surface area contributed by atoms with Crippen LogP contribution < -0.4 is 4.74 Å². The van der Waals surface area contributed by atoms with E-state index in [1.165, 1.54) is 0 Å². The largest absolute Gasteiger partial charge is 0.476 e. The highest BCUT2D eigenvalue weighted by Crippen LogP contribution is 2.40. The predicted molar refractivity (Wildman–Crippen MR) is 78.1 cm³/mol. The molecule has 2 fully saturated rings. The van der Waals surface area contributed by atoms with Gasteiger partial charge in [-0.25, -0.2) is 9.37 Å². The molecule has 110 valence electrons. The second-order valence-electron chi connectivity index (χ2n) is 6.08. The van der Waals surface area contributed by atoms with Crippen LogP contribution in [0.15, 0.2) is 30.6 Å². The summed E-state index contributed by atoms with van der Waals surface area (Å²) in [7, 11) is 0. The van der Waals surface area contributed by atoms with Crippen LogP contribution in [0.2, 0.25) is 0 Å². The first-order valence-corrected chi connectivity index (χ1v) is 7.48. The summed E-state index contributed by atoms with van der Waals surface area (Å²) < 4.78 is 19.6. The fourth-order valence-electron chi connectivity index (χ4n) is 3.68. The average molecular weight is 287 g/mol. The minimum absolute atomic E-state index is 0.117. The molecule has 2 aliphatic rings. The lowest BCUT2D eigenvalue weighted by Crippen LogP contribution is -2.43. The van der Waals surface area contributed by atoms with E-state index < -0.39 is 6.17 Å². The van der Waals surface area contributed by atoms with Crippen LogP contribution in [0.25, 0.3) is 10.9 Å². The van der Waals surface area contributed by atoms with Crippen molar-refractivity contribution in [2.75, 3.05) is 19.7 Å². The molecule has 2 saturated heterocycles. The number of nitrogens with zero attached hydrogens (tertiary/aromatic N) is 3. The lowest BCUT2D eigenvalue weighted by Gasteiger charge is -2.31. The molecule has 0 aliphatic carbocycles. The first kappa shape index (κ1) is 13.0. The number of hydrogen-bond acceptors (Lipinski definition) is 4. The number of fused-ring (bicyclic) bond motifs is 2. The number of rotatable bonds is 3. The fraction of sp³-hybridized carbons (Fsp3) is 0.500. The molecule has 2 aromatic rings. The Morgan fingerprint density at radius 1 is 1.38 bits per heavy atom. The molecule has 0 N–H and O–H groups in total. The van der Waals surface area contributed by atoms with Crippen LogP contribution in [0, 0.1) is 0 Å². The molecule has 2 atom stereocenters. The zero-order chi connectivity index (χ0) is 14.3. The van der Waals surface area contributed by atoms with Crippen molar-refractivity contribution in [2.24, 2.45) is 0 Å². The molecule has 0 bridgehead atoms. The van der Waals surface area contributed by atoms with Crippen molar-refractivity contribution in [3.63, 3.8) is 0 Å². The summed E-state index contributed by atoms with van der Waals surface area (Å²) in [6, 6.07) is 5.69. The maximum absolute atomic E-state index is 13.7. The maximum atomic E-state index is 13.7. The van der Waals surface area contributed by atoms with Gasteiger partial charge in [0.2, 0.25) is 5.88 Å². The number of ether oxygens (including phenoxy) is 1. The Bertz CT molecular complexity index is 665. The Balaban J connectivity index is 1.52. The van der Waals surface area contributed by atoms with Crippen LogP contribution in [0.4, 0.5) is 4.39 Å². The number of pyridine rings is 2. The van der Waals surface area contributed by atoms with Crippen LogP contribution in [0.5, 0.6) is 5.88 Å². The van der Waals surface area contributed by atoms with Gasteiger partial charge in [0.15, 0.2) is 0 Å². The van der Waals surface area contributed by atoms with E-state index in [9.17, 15) is 4.39 Å². The third kappa shape index (κ3) is 2.25. The van der Waals surface area contributed by atoms with Gasteiger partial charge in [-0.3, -0.25) is 9.88 Å². The van der Waals surface area contributed by atoms with Gasteiger partial charge in [-0.2, -0.15) is 0 Å². The van der Waals surface area contributed by atoms with Crippen LogP contribution >= 0.6 is 0 Å². The molecule has 2 aromatic heterocycles. The monoisotopic (exact) mass is 287 g/mol. The van der Waals surface area contributed by atoms with E-state index in [1.807, 2.05) is 18.2 Å². The maximum Gasteiger partial charge on any atom is 0.213 e. The topological polar surface area (TPSA) is 38.2 Å². The summed E-state index contributed by atoms with van der Waals surface area (Å²) >= 11 is 0. The molecule has 4 heterocycles. The third-order valence-electron chi connectivity index (χ3n) is 4.71. The standard InChI is InChI=1S/C16H18FN3O/c17-13-8-16(5-1-7-20(16)10-13)11-21-15-3-2-12-9-18-6-4-14(12)19-15/h2-4,6,9,13H,1,5,7-8,10-11H2/t13-,16+/m1/s1. The number of hydrogen-bond donors (Lipinski definition) is 0. The van der Waals surface area contributed by atoms with Gasteiger partial charge < -0.3 is 4.74 Å². The van der Waals surface area contributed by atoms with Crippen molar-refractivity contribution in [2.45, 2.75) is 31.0 Å². The molecule has 21 heavy (non-hydrogen) atoms. The van der Waals surface area contributed by atoms with Crippen LogP contribution in [0.3, 0.4) is 0 Å². The molecule has 0 saturated carbocycles. The van der Waals surface area contributed by atoms with Gasteiger partial charge in [0.25, 0.3) is 0 Å². The Morgan fingerprint density at radius 2 is 2.33 bits per heavy atom. The molecule has 2 aliphatic heterocycles. The van der Waals surface area contributed by atoms with Crippen molar-refractivity contribution in [1.29, 1.82) is 0 Å². The number of alkyl halides is 1. The summed E-state index contributed by atoms with van der Waals surface area (Å²) in [4.78, 5) is 10.8. The molecular formula is C16H18FN3O. The van der Waals surface area contributed by atoms with Gasteiger partial charge in [0.1, 0.15) is 12.8 Å². The smallest absolute Gasteiger partial charge is 0.213 e. The Kier molecular flexibility index (Phi) is 3.03. The highest BCUT2D eigenvalue weighted by Gasteiger charge is 2.49. The molecule has 0 unspecified atom stereocenters. The van der Waals surface area contributed by atoms with E-state index in [1.54, 1.807) is 12.4 Å². The number of aromatic nitrogens is 2. The second kappa shape index (κ2) is 4.91. The molecule has 4 nitrogen and oxygen atoms in total. The quantitative estimate of drug-likeness (QED) is 0.869. The lowest BCUT2D eigenvalue weighted by molar-refractivity contribution is 0.111. The minimum Gasteiger partial charge on any atom is -0.476 e. The van der Waals surface area contributed by atoms with Gasteiger partial charge in [-0.1, -0.05) is 0 Å². The third-order valence-corrected chi connectivity index (χ3v) is 4.71. The first-order chi connectivity index (χ1) is 10.3. The van der Waals surface area contributed by atoms with Crippen molar-refractivity contribution >= 4 is 10.9 Å². The SMILES string of the molecule is F[C@H]1CN2CCC[C@@]2(COc2ccc3cnccc3n2)C1. The van der Waals surface area contributed by atoms with Crippen LogP contribution in [-0.2, 0) is 0 Å². The van der Waals surface area contributed by atoms with Crippen molar-refractivity contribution in [1.82, 2.24) is 14.9 Å². The highest BCUT2D eigenvalue weighted by molar-refractivity contribution is 5.77. The minimum atomic E-state index is -0.718. The molecule has 0 spiro atoms. The van der Waals surface area contributed by atoms with Crippen molar-refractivity contribution < 1.29 is 9.13 Å². The van der Waals surface area contributed by atoms with Gasteiger partial charge >= 0.3 is 0 Å². The average Bonchev–Trinajstić information content (AvgIpc) is 3.01. The van der Waals surface area contributed by atoms with E-state index in [0.717, 1.165) is 30.3 Å². The molecule has 0 radical (unpaired) electrons. The van der Waals surface area contributed by atoms with E-state index in [-0.39, 0.29) is 5.54 Å². The summed E-state index contributed by atoms with van der Waals surface area (Å²) in [5.41, 5.74) is 0.756. The molecule has 0 aromatic carbocycles. The van der Waals surface area contributed by atoms with Crippen LogP contribution in [0.1, 0.15) is 19.3 Å². The summed E-state index contributed by atoms with van der Waals surface area (Å²) in [6.07, 6.45) is 5.53. The lowest BCUT2D eigenvalue weighted by atomic mass is 9.95. The normalized spacial score (nSPS) is 28.9. The van der Waals surface area contributed by atoms with Crippen LogP contribution in [-0.4, -0.2) is 46.3 Å². The van der Waals surface area contributed by atoms with Crippen molar-refractivity contribution in [3.8, 4) is 5.88 Å².